The van der Waals surface area contributed by atoms with Crippen molar-refractivity contribution in [1.82, 2.24) is 0 Å². The Morgan fingerprint density at radius 2 is 0.667 bits per heavy atom. The first kappa shape index (κ1) is 28.8. The van der Waals surface area contributed by atoms with E-state index in [4.69, 9.17) is 0 Å². The van der Waals surface area contributed by atoms with Gasteiger partial charge in [0.1, 0.15) is 0 Å². The van der Waals surface area contributed by atoms with E-state index >= 15 is 0 Å². The summed E-state index contributed by atoms with van der Waals surface area (Å²) in [6.07, 6.45) is -11.2. The predicted octanol–water partition coefficient (Wildman–Crippen LogP) is 1.37. The van der Waals surface area contributed by atoms with Gasteiger partial charge in [-0.2, -0.15) is 26.3 Å². The van der Waals surface area contributed by atoms with Gasteiger partial charge in [0.25, 0.3) is 0 Å². The Kier molecular flexibility index (Phi) is 13.2. The molecule has 0 unspecified atom stereocenters. The molecular weight excluding hydrogens is 402 g/mol. The van der Waals surface area contributed by atoms with Crippen LogP contribution in [0.2, 0.25) is 0 Å². The van der Waals surface area contributed by atoms with Gasteiger partial charge in [-0.1, -0.05) is 0 Å². The summed E-state index contributed by atoms with van der Waals surface area (Å²) in [5, 5.41) is 0. The quantitative estimate of drug-likeness (QED) is 0.250. The van der Waals surface area contributed by atoms with Crippen LogP contribution in [-0.4, -0.2) is 48.2 Å². The molecule has 0 atom stereocenters. The number of esters is 6. The van der Waals surface area contributed by atoms with Crippen LogP contribution < -0.4 is 0 Å². The molecule has 0 N–H and O–H groups in total. The molecule has 0 aliphatic carbocycles. The molecule has 0 aromatic carbocycles. The largest absolute Gasteiger partial charge is 0.491 e. The van der Waals surface area contributed by atoms with E-state index in [1.807, 2.05) is 0 Å². The molecule has 0 aliphatic heterocycles. The molecule has 0 saturated carbocycles. The van der Waals surface area contributed by atoms with Crippen LogP contribution in [0.4, 0.5) is 26.3 Å². The molecule has 0 radical (unpaired) electrons. The Morgan fingerprint density at radius 3 is 0.741 bits per heavy atom. The maximum atomic E-state index is 11.2. The number of hydrogen-bond acceptors (Lipinski definition) is 9. The number of halogens is 6. The molecule has 0 aromatic rings. The van der Waals surface area contributed by atoms with Crippen molar-refractivity contribution in [3.63, 3.8) is 0 Å². The van der Waals surface area contributed by atoms with Crippen LogP contribution in [0.15, 0.2) is 0 Å². The van der Waals surface area contributed by atoms with Crippen molar-refractivity contribution >= 4 is 35.8 Å². The first-order chi connectivity index (χ1) is 11.8. The smallest absolute Gasteiger partial charge is 0.394 e. The average Bonchev–Trinajstić information content (AvgIpc) is 2.33. The fourth-order valence-corrected chi connectivity index (χ4v) is 0.605. The van der Waals surface area contributed by atoms with Crippen LogP contribution in [0.3, 0.4) is 0 Å². The van der Waals surface area contributed by atoms with E-state index < -0.39 is 48.2 Å². The second-order valence-corrected chi connectivity index (χ2v) is 3.84. The third-order valence-electron chi connectivity index (χ3n) is 1.22. The predicted molar refractivity (Wildman–Crippen MR) is 68.1 cm³/mol. The third kappa shape index (κ3) is 23.0. The van der Waals surface area contributed by atoms with Crippen LogP contribution in [0.1, 0.15) is 27.7 Å². The Balaban J connectivity index is -0.000000350. The lowest BCUT2D eigenvalue weighted by Crippen LogP contribution is -2.34. The van der Waals surface area contributed by atoms with Gasteiger partial charge in [0, 0.05) is 27.7 Å². The van der Waals surface area contributed by atoms with Gasteiger partial charge in [-0.3, -0.25) is 19.2 Å². The number of hydrogen-bond donors (Lipinski definition) is 0. The second kappa shape index (κ2) is 12.4. The Morgan fingerprint density at radius 1 is 0.481 bits per heavy atom. The van der Waals surface area contributed by atoms with E-state index in [2.05, 4.69) is 14.2 Å². The Hall–Kier alpha value is -3.00. The van der Waals surface area contributed by atoms with E-state index in [0.717, 1.165) is 0 Å². The minimum absolute atomic E-state index is 0.562. The van der Waals surface area contributed by atoms with Gasteiger partial charge in [-0.15, -0.1) is 0 Å². The molecule has 0 bridgehead atoms. The maximum absolute atomic E-state index is 11.2. The van der Waals surface area contributed by atoms with Crippen LogP contribution in [0.5, 0.6) is 0 Å². The first-order valence-corrected chi connectivity index (χ1v) is 6.08. The molecule has 0 rings (SSSR count). The highest BCUT2D eigenvalue weighted by atomic mass is 19.4. The van der Waals surface area contributed by atoms with E-state index in [-0.39, 0.29) is 0 Å². The van der Waals surface area contributed by atoms with Gasteiger partial charge in [0.05, 0.1) is 0 Å². The highest BCUT2D eigenvalue weighted by Crippen LogP contribution is 2.21. The Bertz CT molecular complexity index is 503. The maximum Gasteiger partial charge on any atom is 0.491 e. The SMILES string of the molecule is CC(=O)OC(C)=O.CC(=O)OC(C)=O.O=C(OC(=O)C(F)(F)F)C(F)(F)F. The van der Waals surface area contributed by atoms with Crippen molar-refractivity contribution in [3.05, 3.63) is 0 Å². The molecule has 0 amide bonds. The summed E-state index contributed by atoms with van der Waals surface area (Å²) in [6, 6.07) is 0. The van der Waals surface area contributed by atoms with Crippen molar-refractivity contribution < 1.29 is 69.3 Å². The molecule has 15 heteroatoms. The van der Waals surface area contributed by atoms with E-state index in [1.54, 1.807) is 0 Å². The Labute approximate surface area is 146 Å². The van der Waals surface area contributed by atoms with Crippen LogP contribution in [0.25, 0.3) is 0 Å². The summed E-state index contributed by atoms with van der Waals surface area (Å²) < 4.78 is 77.6. The van der Waals surface area contributed by atoms with Gasteiger partial charge < -0.3 is 14.2 Å². The molecule has 0 saturated heterocycles. The second-order valence-electron chi connectivity index (χ2n) is 3.84. The van der Waals surface area contributed by atoms with Crippen LogP contribution >= 0.6 is 0 Å². The summed E-state index contributed by atoms with van der Waals surface area (Å²) in [4.78, 5) is 58.6. The first-order valence-electron chi connectivity index (χ1n) is 6.08. The van der Waals surface area contributed by atoms with Gasteiger partial charge in [0.15, 0.2) is 0 Å². The van der Waals surface area contributed by atoms with E-state index in [9.17, 15) is 55.1 Å². The number of carbonyl (C=O) groups excluding carboxylic acids is 6. The van der Waals surface area contributed by atoms with Crippen molar-refractivity contribution in [2.24, 2.45) is 0 Å². The number of rotatable bonds is 0. The summed E-state index contributed by atoms with van der Waals surface area (Å²) in [7, 11) is 0. The van der Waals surface area contributed by atoms with Gasteiger partial charge in [0.2, 0.25) is 0 Å². The van der Waals surface area contributed by atoms with Crippen molar-refractivity contribution in [3.8, 4) is 0 Å². The fourth-order valence-electron chi connectivity index (χ4n) is 0.605. The lowest BCUT2D eigenvalue weighted by atomic mass is 10.6. The standard InChI is InChI=1S/C4F6O3.2C4H6O3/c5-3(6,7)1(11)13-2(12)4(8,9)10;2*1-3(5)7-4(2)6/h;2*1-2H3. The zero-order chi connectivity index (χ0) is 22.6. The minimum atomic E-state index is -5.62. The molecule has 0 aromatic heterocycles. The number of ether oxygens (including phenoxy) is 3. The topological polar surface area (TPSA) is 130 Å². The van der Waals surface area contributed by atoms with Crippen molar-refractivity contribution in [2.45, 2.75) is 40.0 Å². The molecule has 0 fully saturated rings. The molecular formula is C12H12F6O9. The summed E-state index contributed by atoms with van der Waals surface area (Å²) in [5.74, 6) is -8.65. The number of carbonyl (C=O) groups is 6. The highest BCUT2D eigenvalue weighted by molar-refractivity contribution is 5.90. The molecule has 0 spiro atoms. The summed E-state index contributed by atoms with van der Waals surface area (Å²) >= 11 is 0. The van der Waals surface area contributed by atoms with Crippen molar-refractivity contribution in [1.29, 1.82) is 0 Å². The van der Waals surface area contributed by atoms with Crippen molar-refractivity contribution in [2.75, 3.05) is 0 Å². The lowest BCUT2D eigenvalue weighted by molar-refractivity contribution is -0.221. The highest BCUT2D eigenvalue weighted by Gasteiger charge is 2.49. The van der Waals surface area contributed by atoms with E-state index in [0.29, 0.717) is 0 Å². The summed E-state index contributed by atoms with van der Waals surface area (Å²) in [6.45, 7) is 4.73. The third-order valence-corrected chi connectivity index (χ3v) is 1.22. The minimum Gasteiger partial charge on any atom is -0.394 e. The molecule has 0 heterocycles. The lowest BCUT2D eigenvalue weighted by Gasteiger charge is -2.06. The summed E-state index contributed by atoms with van der Waals surface area (Å²) in [5.41, 5.74) is 0. The number of alkyl halides is 6. The van der Waals surface area contributed by atoms with Gasteiger partial charge >= 0.3 is 48.2 Å². The molecule has 27 heavy (non-hydrogen) atoms. The molecule has 156 valence electrons. The van der Waals surface area contributed by atoms with Gasteiger partial charge in [-0.05, 0) is 0 Å². The van der Waals surface area contributed by atoms with Crippen LogP contribution in [-0.2, 0) is 43.0 Å². The monoisotopic (exact) mass is 414 g/mol. The van der Waals surface area contributed by atoms with E-state index in [1.165, 1.54) is 27.7 Å². The van der Waals surface area contributed by atoms with Gasteiger partial charge in [-0.25, -0.2) is 9.59 Å². The molecule has 9 nitrogen and oxygen atoms in total. The average molecular weight is 414 g/mol. The molecule has 0 aliphatic rings. The normalized spacial score (nSPS) is 10.0. The zero-order valence-corrected chi connectivity index (χ0v) is 13.9. The fraction of sp³-hybridized carbons (Fsp3) is 0.500. The van der Waals surface area contributed by atoms with Crippen LogP contribution in [0, 0.1) is 0 Å². The zero-order valence-electron chi connectivity index (χ0n) is 13.9.